The van der Waals surface area contributed by atoms with Gasteiger partial charge < -0.3 is 4.90 Å². The Labute approximate surface area is 102 Å². The Hall–Kier alpha value is -2.52. The highest BCUT2D eigenvalue weighted by molar-refractivity contribution is 5.57. The molecule has 0 aliphatic heterocycles. The zero-order valence-corrected chi connectivity index (χ0v) is 9.88. The third-order valence-corrected chi connectivity index (χ3v) is 2.20. The predicted octanol–water partition coefficient (Wildman–Crippen LogP) is 2.74. The van der Waals surface area contributed by atoms with Crippen molar-refractivity contribution < 1.29 is 0 Å². The Bertz CT molecular complexity index is 492. The number of nitriles is 2. The van der Waals surface area contributed by atoms with Gasteiger partial charge in [-0.3, -0.25) is 0 Å². The smallest absolute Gasteiger partial charge is 0.129 e. The van der Waals surface area contributed by atoms with Crippen molar-refractivity contribution in [2.75, 3.05) is 19.0 Å². The molecule has 1 aromatic carbocycles. The molecule has 84 valence electrons. The normalized spacial score (nSPS) is 9.41. The van der Waals surface area contributed by atoms with Crippen LogP contribution in [0.15, 0.2) is 42.0 Å². The average molecular weight is 223 g/mol. The van der Waals surface area contributed by atoms with Gasteiger partial charge in [0.15, 0.2) is 0 Å². The highest BCUT2D eigenvalue weighted by atomic mass is 15.1. The van der Waals surface area contributed by atoms with Gasteiger partial charge in [-0.15, -0.1) is 0 Å². The van der Waals surface area contributed by atoms with Crippen LogP contribution in [0.1, 0.15) is 5.56 Å². The molecule has 0 N–H and O–H groups in total. The second-order valence-corrected chi connectivity index (χ2v) is 3.65. The monoisotopic (exact) mass is 223 g/mol. The maximum Gasteiger partial charge on any atom is 0.129 e. The molecule has 0 aliphatic carbocycles. The van der Waals surface area contributed by atoms with Crippen LogP contribution in [-0.2, 0) is 0 Å². The van der Waals surface area contributed by atoms with E-state index in [0.29, 0.717) is 0 Å². The number of hydrogen-bond acceptors (Lipinski definition) is 3. The summed E-state index contributed by atoms with van der Waals surface area (Å²) in [6, 6.07) is 11.6. The lowest BCUT2D eigenvalue weighted by Gasteiger charge is -2.11. The zero-order valence-electron chi connectivity index (χ0n) is 9.88. The first kappa shape index (κ1) is 12.5. The molecule has 0 bridgehead atoms. The summed E-state index contributed by atoms with van der Waals surface area (Å²) in [5.74, 6) is 0. The van der Waals surface area contributed by atoms with Crippen LogP contribution in [0.5, 0.6) is 0 Å². The molecule has 3 nitrogen and oxygen atoms in total. The second kappa shape index (κ2) is 6.15. The molecule has 0 saturated carbocycles. The van der Waals surface area contributed by atoms with Crippen LogP contribution in [-0.4, -0.2) is 14.1 Å². The minimum absolute atomic E-state index is 0.103. The molecule has 0 amide bonds. The highest BCUT2D eigenvalue weighted by Crippen LogP contribution is 2.13. The molecule has 0 atom stereocenters. The molecule has 3 heteroatoms. The van der Waals surface area contributed by atoms with E-state index in [9.17, 15) is 0 Å². The van der Waals surface area contributed by atoms with E-state index >= 15 is 0 Å². The topological polar surface area (TPSA) is 50.8 Å². The Morgan fingerprint density at radius 3 is 2.18 bits per heavy atom. The van der Waals surface area contributed by atoms with Gasteiger partial charge in [-0.1, -0.05) is 24.3 Å². The van der Waals surface area contributed by atoms with Crippen molar-refractivity contribution in [2.45, 2.75) is 0 Å². The van der Waals surface area contributed by atoms with Crippen LogP contribution in [0.4, 0.5) is 5.69 Å². The van der Waals surface area contributed by atoms with Crippen LogP contribution in [0.3, 0.4) is 0 Å². The van der Waals surface area contributed by atoms with Gasteiger partial charge in [0.1, 0.15) is 17.7 Å². The predicted molar refractivity (Wildman–Crippen MR) is 69.1 cm³/mol. The molecule has 1 rings (SSSR count). The van der Waals surface area contributed by atoms with Gasteiger partial charge in [0.25, 0.3) is 0 Å². The van der Waals surface area contributed by atoms with Gasteiger partial charge in [-0.2, -0.15) is 10.5 Å². The maximum atomic E-state index is 8.54. The fourth-order valence-corrected chi connectivity index (χ4v) is 1.24. The van der Waals surface area contributed by atoms with Crippen molar-refractivity contribution in [3.8, 4) is 12.1 Å². The summed E-state index contributed by atoms with van der Waals surface area (Å²) in [4.78, 5) is 2.02. The Balaban J connectivity index is 2.78. The number of benzene rings is 1. The lowest BCUT2D eigenvalue weighted by Crippen LogP contribution is -2.07. The van der Waals surface area contributed by atoms with Gasteiger partial charge >= 0.3 is 0 Å². The van der Waals surface area contributed by atoms with Gasteiger partial charge in [0, 0.05) is 19.8 Å². The Morgan fingerprint density at radius 2 is 1.71 bits per heavy atom. The van der Waals surface area contributed by atoms with Crippen molar-refractivity contribution in [1.29, 1.82) is 10.5 Å². The van der Waals surface area contributed by atoms with E-state index in [1.54, 1.807) is 18.2 Å². The number of rotatable bonds is 3. The molecular weight excluding hydrogens is 210 g/mol. The number of allylic oxidation sites excluding steroid dienone is 3. The first-order valence-electron chi connectivity index (χ1n) is 5.13. The number of anilines is 1. The molecule has 1 aromatic rings. The minimum atomic E-state index is 0.103. The summed E-state index contributed by atoms with van der Waals surface area (Å²) in [6.45, 7) is 0. The molecule has 0 radical (unpaired) electrons. The summed E-state index contributed by atoms with van der Waals surface area (Å²) in [5.41, 5.74) is 2.26. The summed E-state index contributed by atoms with van der Waals surface area (Å²) < 4.78 is 0. The zero-order chi connectivity index (χ0) is 12.7. The third kappa shape index (κ3) is 3.85. The second-order valence-electron chi connectivity index (χ2n) is 3.65. The van der Waals surface area contributed by atoms with Gasteiger partial charge in [0.2, 0.25) is 0 Å². The average Bonchev–Trinajstić information content (AvgIpc) is 2.35. The first-order chi connectivity index (χ1) is 8.17. The van der Waals surface area contributed by atoms with Gasteiger partial charge in [0.05, 0.1) is 0 Å². The van der Waals surface area contributed by atoms with Crippen LogP contribution in [0.25, 0.3) is 6.08 Å². The van der Waals surface area contributed by atoms with E-state index < -0.39 is 0 Å². The Morgan fingerprint density at radius 1 is 1.12 bits per heavy atom. The first-order valence-corrected chi connectivity index (χ1v) is 5.13. The molecular formula is C14H13N3. The van der Waals surface area contributed by atoms with Crippen molar-refractivity contribution in [2.24, 2.45) is 0 Å². The molecule has 0 spiro atoms. The molecule has 0 saturated heterocycles. The van der Waals surface area contributed by atoms with Crippen molar-refractivity contribution >= 4 is 11.8 Å². The van der Waals surface area contributed by atoms with E-state index in [0.717, 1.165) is 11.3 Å². The molecule has 0 aliphatic rings. The molecule has 0 heterocycles. The summed E-state index contributed by atoms with van der Waals surface area (Å²) in [5, 5.41) is 17.1. The fourth-order valence-electron chi connectivity index (χ4n) is 1.24. The highest BCUT2D eigenvalue weighted by Gasteiger charge is 1.93. The van der Waals surface area contributed by atoms with Crippen LogP contribution >= 0.6 is 0 Å². The van der Waals surface area contributed by atoms with Crippen LogP contribution < -0.4 is 4.90 Å². The van der Waals surface area contributed by atoms with E-state index in [-0.39, 0.29) is 5.57 Å². The quantitative estimate of drug-likeness (QED) is 0.584. The van der Waals surface area contributed by atoms with Gasteiger partial charge in [-0.25, -0.2) is 0 Å². The standard InChI is InChI=1S/C14H13N3/c1-17(2)14-8-6-12(7-9-14)4-3-5-13(10-15)11-16/h3-9H,1-2H3. The summed E-state index contributed by atoms with van der Waals surface area (Å²) in [6.07, 6.45) is 5.06. The lowest BCUT2D eigenvalue weighted by molar-refractivity contribution is 1.13. The van der Waals surface area contributed by atoms with Crippen molar-refractivity contribution in [3.05, 3.63) is 47.6 Å². The van der Waals surface area contributed by atoms with Crippen LogP contribution in [0, 0.1) is 22.7 Å². The molecule has 17 heavy (non-hydrogen) atoms. The maximum absolute atomic E-state index is 8.54. The Kier molecular flexibility index (Phi) is 4.54. The number of nitrogens with zero attached hydrogens (tertiary/aromatic N) is 3. The largest absolute Gasteiger partial charge is 0.378 e. The SMILES string of the molecule is CN(C)c1ccc(C=CC=C(C#N)C#N)cc1. The molecule has 0 unspecified atom stereocenters. The summed E-state index contributed by atoms with van der Waals surface area (Å²) in [7, 11) is 3.97. The minimum Gasteiger partial charge on any atom is -0.378 e. The fraction of sp³-hybridized carbons (Fsp3) is 0.143. The number of hydrogen-bond donors (Lipinski definition) is 0. The van der Waals surface area contributed by atoms with Gasteiger partial charge in [-0.05, 0) is 23.8 Å². The molecule has 0 fully saturated rings. The van der Waals surface area contributed by atoms with E-state index in [2.05, 4.69) is 0 Å². The van der Waals surface area contributed by atoms with Crippen molar-refractivity contribution in [3.63, 3.8) is 0 Å². The van der Waals surface area contributed by atoms with E-state index in [1.807, 2.05) is 49.3 Å². The molecule has 0 aromatic heterocycles. The summed E-state index contributed by atoms with van der Waals surface area (Å²) >= 11 is 0. The third-order valence-electron chi connectivity index (χ3n) is 2.20. The van der Waals surface area contributed by atoms with Crippen LogP contribution in [0.2, 0.25) is 0 Å². The van der Waals surface area contributed by atoms with E-state index in [1.165, 1.54) is 6.08 Å². The van der Waals surface area contributed by atoms with Crippen molar-refractivity contribution in [1.82, 2.24) is 0 Å². The lowest BCUT2D eigenvalue weighted by atomic mass is 10.2. The van der Waals surface area contributed by atoms with E-state index in [4.69, 9.17) is 10.5 Å².